The van der Waals surface area contributed by atoms with Crippen molar-refractivity contribution in [3.05, 3.63) is 65.7 Å². The molecule has 1 atom stereocenters. The van der Waals surface area contributed by atoms with E-state index in [0.717, 1.165) is 16.8 Å². The third-order valence-corrected chi connectivity index (χ3v) is 5.38. The van der Waals surface area contributed by atoms with Crippen molar-refractivity contribution >= 4 is 34.6 Å². The number of aromatic amines is 1. The number of hydrogen-bond donors (Lipinski definition) is 4. The summed E-state index contributed by atoms with van der Waals surface area (Å²) in [5.74, 6) is -0.904. The molecule has 0 saturated heterocycles. The maximum Gasteiger partial charge on any atom is 0.272 e. The van der Waals surface area contributed by atoms with Gasteiger partial charge < -0.3 is 20.8 Å². The van der Waals surface area contributed by atoms with Crippen molar-refractivity contribution in [3.63, 3.8) is 0 Å². The Kier molecular flexibility index (Phi) is 5.30. The van der Waals surface area contributed by atoms with Gasteiger partial charge in [-0.25, -0.2) is 9.82 Å². The van der Waals surface area contributed by atoms with Crippen LogP contribution in [-0.4, -0.2) is 45.4 Å². The Morgan fingerprint density at radius 1 is 1.29 bits per heavy atom. The number of nitrogens with one attached hydrogen (secondary N) is 3. The summed E-state index contributed by atoms with van der Waals surface area (Å²) in [5, 5.41) is 11.6. The number of carbonyl (C=O) groups is 2. The van der Waals surface area contributed by atoms with E-state index in [1.807, 2.05) is 13.2 Å². The molecular formula is C23H20FN7O3. The maximum atomic E-state index is 13.0. The maximum absolute atomic E-state index is 13.0. The Labute approximate surface area is 192 Å². The SMILES string of the molecule is Cn1cc(-c2[nH]c3cc(NC(=O)C(N)COc4ccc(F)cc4)cc4c3c2C=NNC4=O)cn1. The van der Waals surface area contributed by atoms with E-state index < -0.39 is 23.7 Å². The lowest BCUT2D eigenvalue weighted by Gasteiger charge is -2.14. The van der Waals surface area contributed by atoms with Crippen LogP contribution >= 0.6 is 0 Å². The van der Waals surface area contributed by atoms with Crippen LogP contribution in [-0.2, 0) is 11.8 Å². The standard InChI is InChI=1S/C23H20FN7O3/c1-31-10-12(8-27-31)21-17-9-26-30-22(32)16-6-14(7-19(29-21)20(16)17)28-23(33)18(25)11-34-15-4-2-13(24)3-5-15/h2-10,18,29H,11,25H2,1H3,(H,28,33)(H,30,32). The average molecular weight is 461 g/mol. The molecule has 172 valence electrons. The lowest BCUT2D eigenvalue weighted by molar-refractivity contribution is -0.118. The molecule has 0 saturated carbocycles. The number of nitrogens with two attached hydrogens (primary N) is 1. The molecule has 0 aliphatic carbocycles. The minimum absolute atomic E-state index is 0.112. The normalized spacial score (nSPS) is 13.4. The Morgan fingerprint density at radius 2 is 2.09 bits per heavy atom. The van der Waals surface area contributed by atoms with E-state index >= 15 is 0 Å². The zero-order valence-electron chi connectivity index (χ0n) is 18.0. The van der Waals surface area contributed by atoms with E-state index in [1.54, 1.807) is 29.2 Å². The monoisotopic (exact) mass is 461 g/mol. The molecule has 34 heavy (non-hydrogen) atoms. The van der Waals surface area contributed by atoms with Crippen LogP contribution in [0.15, 0.2) is 53.9 Å². The zero-order valence-corrected chi connectivity index (χ0v) is 18.0. The number of aryl methyl sites for hydroxylation is 1. The Balaban J connectivity index is 1.42. The fourth-order valence-corrected chi connectivity index (χ4v) is 3.76. The molecule has 2 amide bonds. The predicted molar refractivity (Wildman–Crippen MR) is 124 cm³/mol. The van der Waals surface area contributed by atoms with Crippen LogP contribution in [0.1, 0.15) is 15.9 Å². The highest BCUT2D eigenvalue weighted by Gasteiger charge is 2.23. The first kappa shape index (κ1) is 21.3. The van der Waals surface area contributed by atoms with Crippen molar-refractivity contribution in [1.29, 1.82) is 0 Å². The summed E-state index contributed by atoms with van der Waals surface area (Å²) in [6.07, 6.45) is 5.13. The first-order valence-electron chi connectivity index (χ1n) is 10.4. The molecule has 0 spiro atoms. The summed E-state index contributed by atoms with van der Waals surface area (Å²) < 4.78 is 20.2. The zero-order chi connectivity index (χ0) is 23.8. The molecule has 0 fully saturated rings. The van der Waals surface area contributed by atoms with Crippen LogP contribution < -0.4 is 21.2 Å². The van der Waals surface area contributed by atoms with Gasteiger partial charge in [0, 0.05) is 41.0 Å². The number of hydrogen-bond acceptors (Lipinski definition) is 6. The van der Waals surface area contributed by atoms with Gasteiger partial charge in [-0.1, -0.05) is 0 Å². The average Bonchev–Trinajstić information content (AvgIpc) is 3.36. The van der Waals surface area contributed by atoms with Gasteiger partial charge in [-0.05, 0) is 36.4 Å². The second-order valence-corrected chi connectivity index (χ2v) is 7.82. The molecule has 0 radical (unpaired) electrons. The number of nitrogens with zero attached hydrogens (tertiary/aromatic N) is 3. The van der Waals surface area contributed by atoms with Gasteiger partial charge in [0.15, 0.2) is 0 Å². The molecule has 5 rings (SSSR count). The molecule has 3 heterocycles. The predicted octanol–water partition coefficient (Wildman–Crippen LogP) is 2.13. The van der Waals surface area contributed by atoms with E-state index in [4.69, 9.17) is 10.5 Å². The number of hydrazone groups is 1. The van der Waals surface area contributed by atoms with Crippen molar-refractivity contribution < 1.29 is 18.7 Å². The minimum Gasteiger partial charge on any atom is -0.491 e. The van der Waals surface area contributed by atoms with Crippen LogP contribution in [0.25, 0.3) is 22.2 Å². The fourth-order valence-electron chi connectivity index (χ4n) is 3.76. The van der Waals surface area contributed by atoms with Crippen molar-refractivity contribution in [3.8, 4) is 17.0 Å². The van der Waals surface area contributed by atoms with Gasteiger partial charge in [-0.2, -0.15) is 10.2 Å². The number of ether oxygens (including phenoxy) is 1. The number of carbonyl (C=O) groups excluding carboxylic acids is 2. The lowest BCUT2D eigenvalue weighted by atomic mass is 10.0. The molecule has 2 aromatic heterocycles. The van der Waals surface area contributed by atoms with Gasteiger partial charge in [-0.15, -0.1) is 0 Å². The van der Waals surface area contributed by atoms with Crippen molar-refractivity contribution in [2.24, 2.45) is 17.9 Å². The molecule has 10 nitrogen and oxygen atoms in total. The van der Waals surface area contributed by atoms with E-state index in [2.05, 4.69) is 25.9 Å². The number of H-pyrrole nitrogens is 1. The first-order chi connectivity index (χ1) is 16.4. The summed E-state index contributed by atoms with van der Waals surface area (Å²) in [6, 6.07) is 7.70. The molecule has 11 heteroatoms. The van der Waals surface area contributed by atoms with Crippen LogP contribution in [0.4, 0.5) is 10.1 Å². The first-order valence-corrected chi connectivity index (χ1v) is 10.4. The molecule has 0 bridgehead atoms. The summed E-state index contributed by atoms with van der Waals surface area (Å²) in [5.41, 5.74) is 12.1. The summed E-state index contributed by atoms with van der Waals surface area (Å²) in [6.45, 7) is -0.112. The smallest absolute Gasteiger partial charge is 0.272 e. The molecule has 2 aromatic carbocycles. The summed E-state index contributed by atoms with van der Waals surface area (Å²) in [4.78, 5) is 28.6. The van der Waals surface area contributed by atoms with Gasteiger partial charge in [0.2, 0.25) is 5.91 Å². The highest BCUT2D eigenvalue weighted by Crippen LogP contribution is 2.34. The Hall–Kier alpha value is -4.51. The second-order valence-electron chi connectivity index (χ2n) is 7.82. The summed E-state index contributed by atoms with van der Waals surface area (Å²) >= 11 is 0. The van der Waals surface area contributed by atoms with Gasteiger partial charge in [0.1, 0.15) is 24.2 Å². The Bertz CT molecular complexity index is 1440. The van der Waals surface area contributed by atoms with Gasteiger partial charge in [-0.3, -0.25) is 14.3 Å². The third-order valence-electron chi connectivity index (χ3n) is 5.38. The highest BCUT2D eigenvalue weighted by atomic mass is 19.1. The number of rotatable bonds is 6. The molecular weight excluding hydrogens is 441 g/mol. The molecule has 4 aromatic rings. The fraction of sp³-hybridized carbons (Fsp3) is 0.130. The number of benzene rings is 2. The van der Waals surface area contributed by atoms with Gasteiger partial charge >= 0.3 is 0 Å². The number of anilines is 1. The summed E-state index contributed by atoms with van der Waals surface area (Å²) in [7, 11) is 1.81. The van der Waals surface area contributed by atoms with Crippen LogP contribution in [0, 0.1) is 5.82 Å². The van der Waals surface area contributed by atoms with Crippen molar-refractivity contribution in [2.45, 2.75) is 6.04 Å². The minimum atomic E-state index is -0.998. The quantitative estimate of drug-likeness (QED) is 0.348. The molecule has 1 aliphatic rings. The van der Waals surface area contributed by atoms with E-state index in [1.165, 1.54) is 24.3 Å². The number of aromatic nitrogens is 3. The van der Waals surface area contributed by atoms with Gasteiger partial charge in [0.05, 0.1) is 23.7 Å². The molecule has 1 unspecified atom stereocenters. The highest BCUT2D eigenvalue weighted by molar-refractivity contribution is 6.18. The molecule has 1 aliphatic heterocycles. The van der Waals surface area contributed by atoms with Crippen LogP contribution in [0.3, 0.4) is 0 Å². The van der Waals surface area contributed by atoms with E-state index in [-0.39, 0.29) is 6.61 Å². The Morgan fingerprint density at radius 3 is 2.82 bits per heavy atom. The second kappa shape index (κ2) is 8.45. The van der Waals surface area contributed by atoms with Crippen LogP contribution in [0.2, 0.25) is 0 Å². The van der Waals surface area contributed by atoms with Crippen LogP contribution in [0.5, 0.6) is 5.75 Å². The van der Waals surface area contributed by atoms with Gasteiger partial charge in [0.25, 0.3) is 5.91 Å². The van der Waals surface area contributed by atoms with E-state index in [0.29, 0.717) is 27.9 Å². The number of halogens is 1. The largest absolute Gasteiger partial charge is 0.491 e. The molecule has 5 N–H and O–H groups in total. The van der Waals surface area contributed by atoms with Crippen molar-refractivity contribution in [1.82, 2.24) is 20.2 Å². The third kappa shape index (κ3) is 3.99. The number of amides is 2. The topological polar surface area (TPSA) is 139 Å². The lowest BCUT2D eigenvalue weighted by Crippen LogP contribution is -2.40. The van der Waals surface area contributed by atoms with Crippen molar-refractivity contribution in [2.75, 3.05) is 11.9 Å². The van der Waals surface area contributed by atoms with E-state index in [9.17, 15) is 14.0 Å².